The molecule has 1 heterocycles. The minimum Gasteiger partial charge on any atom is -0.360 e. The summed E-state index contributed by atoms with van der Waals surface area (Å²) in [5.41, 5.74) is 0.928. The number of imide groups is 1. The molecule has 0 aliphatic rings. The average Bonchev–Trinajstić information content (AvgIpc) is 2.95. The maximum Gasteiger partial charge on any atom is 0.321 e. The third-order valence-electron chi connectivity index (χ3n) is 2.63. The van der Waals surface area contributed by atoms with E-state index >= 15 is 0 Å². The number of benzene rings is 1. The molecule has 110 valence electrons. The number of nitrogens with zero attached hydrogens (tertiary/aromatic N) is 2. The Morgan fingerprint density at radius 2 is 1.95 bits per heavy atom. The summed E-state index contributed by atoms with van der Waals surface area (Å²) in [6.07, 6.45) is 1.79. The second-order valence-corrected chi connectivity index (χ2v) is 4.24. The molecule has 0 bridgehead atoms. The van der Waals surface area contributed by atoms with Crippen molar-refractivity contribution in [2.75, 3.05) is 18.4 Å². The van der Waals surface area contributed by atoms with Gasteiger partial charge in [-0.25, -0.2) is 9.48 Å². The van der Waals surface area contributed by atoms with Crippen LogP contribution in [0.2, 0.25) is 0 Å². The zero-order chi connectivity index (χ0) is 15.1. The van der Waals surface area contributed by atoms with Crippen molar-refractivity contribution in [3.63, 3.8) is 0 Å². The Morgan fingerprint density at radius 1 is 1.19 bits per heavy atom. The average molecular weight is 287 g/mol. The van der Waals surface area contributed by atoms with E-state index in [0.29, 0.717) is 12.4 Å². The maximum absolute atomic E-state index is 11.5. The van der Waals surface area contributed by atoms with Gasteiger partial charge in [0.05, 0.1) is 12.2 Å². The molecular weight excluding hydrogens is 270 g/mol. The summed E-state index contributed by atoms with van der Waals surface area (Å²) in [5.74, 6) is 0.139. The van der Waals surface area contributed by atoms with Crippen molar-refractivity contribution < 1.29 is 9.59 Å². The van der Waals surface area contributed by atoms with Gasteiger partial charge in [-0.3, -0.25) is 10.1 Å². The van der Waals surface area contributed by atoms with Gasteiger partial charge in [-0.1, -0.05) is 18.2 Å². The number of carbonyl (C=O) groups excluding carboxylic acids is 2. The Kier molecular flexibility index (Phi) is 4.92. The van der Waals surface area contributed by atoms with Crippen LogP contribution in [0.4, 0.5) is 10.6 Å². The van der Waals surface area contributed by atoms with E-state index in [1.54, 1.807) is 23.9 Å². The van der Waals surface area contributed by atoms with Gasteiger partial charge in [0.25, 0.3) is 0 Å². The molecule has 0 aliphatic heterocycles. The van der Waals surface area contributed by atoms with E-state index in [-0.39, 0.29) is 6.54 Å². The van der Waals surface area contributed by atoms with Crippen LogP contribution in [0.25, 0.3) is 5.69 Å². The molecule has 2 aromatic rings. The predicted octanol–water partition coefficient (Wildman–Crippen LogP) is 1.13. The topological polar surface area (TPSA) is 88.0 Å². The molecule has 7 heteroatoms. The number of hydrogen-bond acceptors (Lipinski definition) is 4. The molecule has 0 saturated heterocycles. The zero-order valence-corrected chi connectivity index (χ0v) is 11.7. The van der Waals surface area contributed by atoms with E-state index in [4.69, 9.17) is 0 Å². The number of amides is 3. The molecule has 0 aliphatic carbocycles. The third-order valence-corrected chi connectivity index (χ3v) is 2.63. The Labute approximate surface area is 122 Å². The first-order valence-corrected chi connectivity index (χ1v) is 6.61. The fourth-order valence-corrected chi connectivity index (χ4v) is 1.69. The number of hydrogen-bond donors (Lipinski definition) is 3. The second-order valence-electron chi connectivity index (χ2n) is 4.24. The van der Waals surface area contributed by atoms with Gasteiger partial charge in [0, 0.05) is 18.8 Å². The van der Waals surface area contributed by atoms with Gasteiger partial charge in [-0.2, -0.15) is 5.10 Å². The third kappa shape index (κ3) is 4.34. The first-order valence-electron chi connectivity index (χ1n) is 6.61. The molecular formula is C14H17N5O2. The summed E-state index contributed by atoms with van der Waals surface area (Å²) in [6, 6.07) is 10.9. The number of nitrogens with one attached hydrogen (secondary N) is 3. The quantitative estimate of drug-likeness (QED) is 0.769. The summed E-state index contributed by atoms with van der Waals surface area (Å²) in [4.78, 5) is 22.7. The van der Waals surface area contributed by atoms with Gasteiger partial charge in [0.2, 0.25) is 5.91 Å². The van der Waals surface area contributed by atoms with E-state index in [1.807, 2.05) is 30.3 Å². The molecule has 1 aromatic heterocycles. The lowest BCUT2D eigenvalue weighted by atomic mass is 10.3. The van der Waals surface area contributed by atoms with Crippen molar-refractivity contribution >= 4 is 17.8 Å². The molecule has 0 radical (unpaired) electrons. The minimum absolute atomic E-state index is 0.0249. The van der Waals surface area contributed by atoms with Crippen LogP contribution in [0.3, 0.4) is 0 Å². The summed E-state index contributed by atoms with van der Waals surface area (Å²) in [7, 11) is 0. The van der Waals surface area contributed by atoms with Crippen LogP contribution in [-0.4, -0.2) is 34.8 Å². The molecule has 0 fully saturated rings. The second kappa shape index (κ2) is 7.09. The number of urea groups is 1. The van der Waals surface area contributed by atoms with Crippen molar-refractivity contribution in [1.82, 2.24) is 20.4 Å². The Bertz CT molecular complexity index is 609. The minimum atomic E-state index is -0.501. The normalized spacial score (nSPS) is 9.95. The van der Waals surface area contributed by atoms with Crippen molar-refractivity contribution in [3.05, 3.63) is 42.6 Å². The maximum atomic E-state index is 11.5. The fraction of sp³-hybridized carbons (Fsp3) is 0.214. The van der Waals surface area contributed by atoms with Crippen LogP contribution in [0, 0.1) is 0 Å². The molecule has 3 amide bonds. The van der Waals surface area contributed by atoms with E-state index in [0.717, 1.165) is 5.69 Å². The van der Waals surface area contributed by atoms with E-state index in [2.05, 4.69) is 21.0 Å². The number of rotatable bonds is 5. The lowest BCUT2D eigenvalue weighted by Crippen LogP contribution is -2.41. The van der Waals surface area contributed by atoms with Gasteiger partial charge < -0.3 is 10.6 Å². The molecule has 0 atom stereocenters. The fourth-order valence-electron chi connectivity index (χ4n) is 1.69. The van der Waals surface area contributed by atoms with Gasteiger partial charge in [0.1, 0.15) is 5.82 Å². The van der Waals surface area contributed by atoms with E-state index in [1.165, 1.54) is 0 Å². The number of anilines is 1. The summed E-state index contributed by atoms with van der Waals surface area (Å²) in [5, 5.41) is 11.8. The largest absolute Gasteiger partial charge is 0.360 e. The first-order chi connectivity index (χ1) is 10.2. The van der Waals surface area contributed by atoms with Gasteiger partial charge in [0.15, 0.2) is 0 Å². The molecule has 21 heavy (non-hydrogen) atoms. The first kappa shape index (κ1) is 14.6. The Morgan fingerprint density at radius 3 is 2.67 bits per heavy atom. The number of aromatic nitrogens is 2. The SMILES string of the molecule is CCNC(=O)NC(=O)CNc1ccn(-c2ccccc2)n1. The van der Waals surface area contributed by atoms with Gasteiger partial charge in [-0.05, 0) is 19.1 Å². The van der Waals surface area contributed by atoms with Crippen LogP contribution < -0.4 is 16.0 Å². The highest BCUT2D eigenvalue weighted by molar-refractivity contribution is 5.96. The van der Waals surface area contributed by atoms with E-state index in [9.17, 15) is 9.59 Å². The smallest absolute Gasteiger partial charge is 0.321 e. The Balaban J connectivity index is 1.86. The van der Waals surface area contributed by atoms with Crippen LogP contribution in [0.5, 0.6) is 0 Å². The van der Waals surface area contributed by atoms with Gasteiger partial charge >= 0.3 is 6.03 Å². The van der Waals surface area contributed by atoms with Gasteiger partial charge in [-0.15, -0.1) is 0 Å². The molecule has 0 spiro atoms. The highest BCUT2D eigenvalue weighted by atomic mass is 16.2. The van der Waals surface area contributed by atoms with Crippen LogP contribution in [0.1, 0.15) is 6.92 Å². The van der Waals surface area contributed by atoms with Crippen molar-refractivity contribution in [1.29, 1.82) is 0 Å². The molecule has 0 unspecified atom stereocenters. The lowest BCUT2D eigenvalue weighted by Gasteiger charge is -2.05. The summed E-state index contributed by atoms with van der Waals surface area (Å²) < 4.78 is 1.70. The molecule has 2 rings (SSSR count). The molecule has 7 nitrogen and oxygen atoms in total. The van der Waals surface area contributed by atoms with Crippen LogP contribution in [-0.2, 0) is 4.79 Å². The molecule has 1 aromatic carbocycles. The molecule has 3 N–H and O–H groups in total. The standard InChI is InChI=1S/C14H17N5O2/c1-2-15-14(21)17-13(20)10-16-12-8-9-19(18-12)11-6-4-3-5-7-11/h3-9H,2,10H2,1H3,(H,16,18)(H2,15,17,20,21). The monoisotopic (exact) mass is 287 g/mol. The molecule has 0 saturated carbocycles. The Hall–Kier alpha value is -2.83. The number of para-hydroxylation sites is 1. The van der Waals surface area contributed by atoms with Crippen molar-refractivity contribution in [3.8, 4) is 5.69 Å². The van der Waals surface area contributed by atoms with Crippen LogP contribution in [0.15, 0.2) is 42.6 Å². The highest BCUT2D eigenvalue weighted by Gasteiger charge is 2.07. The predicted molar refractivity (Wildman–Crippen MR) is 79.3 cm³/mol. The summed E-state index contributed by atoms with van der Waals surface area (Å²) >= 11 is 0. The van der Waals surface area contributed by atoms with Crippen molar-refractivity contribution in [2.45, 2.75) is 6.92 Å². The van der Waals surface area contributed by atoms with Crippen LogP contribution >= 0.6 is 0 Å². The number of carbonyl (C=O) groups is 2. The highest BCUT2D eigenvalue weighted by Crippen LogP contribution is 2.09. The van der Waals surface area contributed by atoms with Crippen molar-refractivity contribution in [2.24, 2.45) is 0 Å². The van der Waals surface area contributed by atoms with E-state index < -0.39 is 11.9 Å². The summed E-state index contributed by atoms with van der Waals surface area (Å²) in [6.45, 7) is 2.22. The lowest BCUT2D eigenvalue weighted by molar-refractivity contribution is -0.118. The zero-order valence-electron chi connectivity index (χ0n) is 11.7.